The van der Waals surface area contributed by atoms with Crippen molar-refractivity contribution >= 4 is 11.6 Å². The molecule has 4 nitrogen and oxygen atoms in total. The van der Waals surface area contributed by atoms with Crippen LogP contribution in [-0.4, -0.2) is 31.2 Å². The van der Waals surface area contributed by atoms with E-state index in [1.54, 1.807) is 0 Å². The normalized spacial score (nSPS) is 23.1. The van der Waals surface area contributed by atoms with Crippen molar-refractivity contribution in [2.24, 2.45) is 0 Å². The van der Waals surface area contributed by atoms with Gasteiger partial charge in [-0.25, -0.2) is 0 Å². The quantitative estimate of drug-likeness (QED) is 0.761. The molecular formula is C12H14N2O2. The van der Waals surface area contributed by atoms with E-state index in [0.29, 0.717) is 13.2 Å². The van der Waals surface area contributed by atoms with Gasteiger partial charge in [-0.1, -0.05) is 18.2 Å². The SMILES string of the molecule is O=C(NC1COC1)[C@@H]1Cc2ccccc2N1. The highest BCUT2D eigenvalue weighted by Gasteiger charge is 2.29. The smallest absolute Gasteiger partial charge is 0.243 e. The van der Waals surface area contributed by atoms with E-state index >= 15 is 0 Å². The highest BCUT2D eigenvalue weighted by molar-refractivity contribution is 5.87. The molecule has 2 aliphatic heterocycles. The standard InChI is InChI=1S/C12H14N2O2/c15-12(13-9-6-16-7-9)11-5-8-3-1-2-4-10(8)14-11/h1-4,9,11,14H,5-7H2,(H,13,15)/t11-/m0/s1. The second kappa shape index (κ2) is 3.79. The molecule has 0 unspecified atom stereocenters. The predicted molar refractivity (Wildman–Crippen MR) is 60.3 cm³/mol. The summed E-state index contributed by atoms with van der Waals surface area (Å²) in [7, 11) is 0. The first-order valence-electron chi connectivity index (χ1n) is 5.55. The average Bonchev–Trinajstić information content (AvgIpc) is 2.66. The van der Waals surface area contributed by atoms with E-state index in [2.05, 4.69) is 16.7 Å². The van der Waals surface area contributed by atoms with E-state index in [0.717, 1.165) is 12.1 Å². The van der Waals surface area contributed by atoms with Crippen LogP contribution in [0.15, 0.2) is 24.3 Å². The Hall–Kier alpha value is -1.55. The average molecular weight is 218 g/mol. The van der Waals surface area contributed by atoms with Gasteiger partial charge in [0.15, 0.2) is 0 Å². The summed E-state index contributed by atoms with van der Waals surface area (Å²) in [5, 5.41) is 6.20. The van der Waals surface area contributed by atoms with Crippen molar-refractivity contribution in [3.63, 3.8) is 0 Å². The van der Waals surface area contributed by atoms with Crippen LogP contribution in [0.1, 0.15) is 5.56 Å². The van der Waals surface area contributed by atoms with Crippen LogP contribution in [0, 0.1) is 0 Å². The van der Waals surface area contributed by atoms with Gasteiger partial charge in [0, 0.05) is 12.1 Å². The molecule has 0 bridgehead atoms. The van der Waals surface area contributed by atoms with E-state index in [4.69, 9.17) is 4.74 Å². The van der Waals surface area contributed by atoms with Crippen LogP contribution in [0.2, 0.25) is 0 Å². The molecule has 4 heteroatoms. The first-order chi connectivity index (χ1) is 7.83. The van der Waals surface area contributed by atoms with Crippen LogP contribution in [0.25, 0.3) is 0 Å². The lowest BCUT2D eigenvalue weighted by atomic mass is 10.1. The zero-order chi connectivity index (χ0) is 11.0. The number of rotatable bonds is 2. The van der Waals surface area contributed by atoms with Gasteiger partial charge in [0.2, 0.25) is 5.91 Å². The number of hydrogen-bond donors (Lipinski definition) is 2. The van der Waals surface area contributed by atoms with E-state index in [1.807, 2.05) is 18.2 Å². The minimum atomic E-state index is -0.127. The van der Waals surface area contributed by atoms with Crippen molar-refractivity contribution in [1.29, 1.82) is 0 Å². The lowest BCUT2D eigenvalue weighted by molar-refractivity contribution is -0.125. The van der Waals surface area contributed by atoms with Gasteiger partial charge in [-0.05, 0) is 11.6 Å². The summed E-state index contributed by atoms with van der Waals surface area (Å²) in [6.45, 7) is 1.29. The van der Waals surface area contributed by atoms with Gasteiger partial charge in [0.1, 0.15) is 6.04 Å². The molecule has 3 rings (SSSR count). The van der Waals surface area contributed by atoms with Crippen LogP contribution >= 0.6 is 0 Å². The number of amides is 1. The predicted octanol–water partition coefficient (Wildman–Crippen LogP) is 0.538. The van der Waals surface area contributed by atoms with Crippen LogP contribution in [0.5, 0.6) is 0 Å². The molecule has 0 radical (unpaired) electrons. The molecule has 0 saturated carbocycles. The Morgan fingerprint density at radius 3 is 2.88 bits per heavy atom. The molecule has 16 heavy (non-hydrogen) atoms. The van der Waals surface area contributed by atoms with E-state index in [-0.39, 0.29) is 18.0 Å². The molecule has 1 aromatic carbocycles. The molecule has 0 aromatic heterocycles. The van der Waals surface area contributed by atoms with Crippen molar-refractivity contribution in [3.05, 3.63) is 29.8 Å². The Kier molecular flexibility index (Phi) is 2.29. The number of para-hydroxylation sites is 1. The van der Waals surface area contributed by atoms with E-state index in [1.165, 1.54) is 5.56 Å². The van der Waals surface area contributed by atoms with Gasteiger partial charge in [-0.3, -0.25) is 4.79 Å². The molecule has 0 aliphatic carbocycles. The number of carbonyl (C=O) groups excluding carboxylic acids is 1. The molecule has 0 spiro atoms. The molecule has 1 amide bonds. The minimum Gasteiger partial charge on any atom is -0.377 e. The maximum absolute atomic E-state index is 11.9. The van der Waals surface area contributed by atoms with E-state index < -0.39 is 0 Å². The third-order valence-electron chi connectivity index (χ3n) is 3.07. The number of fused-ring (bicyclic) bond motifs is 1. The van der Waals surface area contributed by atoms with Gasteiger partial charge in [0.25, 0.3) is 0 Å². The number of carbonyl (C=O) groups is 1. The molecule has 2 heterocycles. The first kappa shape index (κ1) is 9.66. The van der Waals surface area contributed by atoms with Crippen LogP contribution in [-0.2, 0) is 16.0 Å². The highest BCUT2D eigenvalue weighted by atomic mass is 16.5. The minimum absolute atomic E-state index is 0.0736. The summed E-state index contributed by atoms with van der Waals surface area (Å²) in [5.41, 5.74) is 2.29. The largest absolute Gasteiger partial charge is 0.377 e. The van der Waals surface area contributed by atoms with Gasteiger partial charge in [-0.15, -0.1) is 0 Å². The van der Waals surface area contributed by atoms with Gasteiger partial charge >= 0.3 is 0 Å². The van der Waals surface area contributed by atoms with Gasteiger partial charge in [-0.2, -0.15) is 0 Å². The number of nitrogens with one attached hydrogen (secondary N) is 2. The monoisotopic (exact) mass is 218 g/mol. The molecule has 84 valence electrons. The first-order valence-corrected chi connectivity index (χ1v) is 5.55. The molecule has 1 saturated heterocycles. The molecule has 1 fully saturated rings. The lowest BCUT2D eigenvalue weighted by Gasteiger charge is -2.28. The van der Waals surface area contributed by atoms with Crippen molar-refractivity contribution in [2.75, 3.05) is 18.5 Å². The van der Waals surface area contributed by atoms with Crippen LogP contribution < -0.4 is 10.6 Å². The molecular weight excluding hydrogens is 204 g/mol. The van der Waals surface area contributed by atoms with E-state index in [9.17, 15) is 4.79 Å². The van der Waals surface area contributed by atoms with Crippen LogP contribution in [0.4, 0.5) is 5.69 Å². The van der Waals surface area contributed by atoms with Crippen LogP contribution in [0.3, 0.4) is 0 Å². The molecule has 1 atom stereocenters. The van der Waals surface area contributed by atoms with Crippen molar-refractivity contribution in [2.45, 2.75) is 18.5 Å². The van der Waals surface area contributed by atoms with Crippen molar-refractivity contribution in [1.82, 2.24) is 5.32 Å². The van der Waals surface area contributed by atoms with Crippen molar-refractivity contribution in [3.8, 4) is 0 Å². The summed E-state index contributed by atoms with van der Waals surface area (Å²) in [5.74, 6) is 0.0736. The maximum atomic E-state index is 11.9. The molecule has 1 aromatic rings. The Morgan fingerprint density at radius 1 is 1.38 bits per heavy atom. The lowest BCUT2D eigenvalue weighted by Crippen LogP contribution is -2.52. The molecule has 2 N–H and O–H groups in total. The Bertz CT molecular complexity index is 390. The Morgan fingerprint density at radius 2 is 2.19 bits per heavy atom. The Labute approximate surface area is 94.0 Å². The van der Waals surface area contributed by atoms with Crippen molar-refractivity contribution < 1.29 is 9.53 Å². The summed E-state index contributed by atoms with van der Waals surface area (Å²) in [6.07, 6.45) is 0.773. The second-order valence-corrected chi connectivity index (χ2v) is 4.30. The summed E-state index contributed by atoms with van der Waals surface area (Å²) < 4.78 is 5.03. The topological polar surface area (TPSA) is 50.4 Å². The zero-order valence-electron chi connectivity index (χ0n) is 8.90. The third kappa shape index (κ3) is 1.65. The number of hydrogen-bond acceptors (Lipinski definition) is 3. The Balaban J connectivity index is 1.64. The number of anilines is 1. The fourth-order valence-corrected chi connectivity index (χ4v) is 2.08. The highest BCUT2D eigenvalue weighted by Crippen LogP contribution is 2.25. The summed E-state index contributed by atoms with van der Waals surface area (Å²) >= 11 is 0. The number of benzene rings is 1. The summed E-state index contributed by atoms with van der Waals surface area (Å²) in [6, 6.07) is 8.12. The zero-order valence-corrected chi connectivity index (χ0v) is 8.90. The third-order valence-corrected chi connectivity index (χ3v) is 3.07. The fraction of sp³-hybridized carbons (Fsp3) is 0.417. The van der Waals surface area contributed by atoms with Gasteiger partial charge < -0.3 is 15.4 Å². The summed E-state index contributed by atoms with van der Waals surface area (Å²) in [4.78, 5) is 11.9. The fourth-order valence-electron chi connectivity index (χ4n) is 2.08. The number of ether oxygens (including phenoxy) is 1. The second-order valence-electron chi connectivity index (χ2n) is 4.30. The molecule has 2 aliphatic rings. The maximum Gasteiger partial charge on any atom is 0.243 e. The van der Waals surface area contributed by atoms with Gasteiger partial charge in [0.05, 0.1) is 19.3 Å².